The summed E-state index contributed by atoms with van der Waals surface area (Å²) in [7, 11) is 1.69. The van der Waals surface area contributed by atoms with Crippen molar-refractivity contribution < 1.29 is 4.74 Å². The fourth-order valence-corrected chi connectivity index (χ4v) is 4.52. The first-order valence-electron chi connectivity index (χ1n) is 8.76. The number of benzene rings is 1. The number of methoxy groups -OCH3 is 1. The first-order valence-corrected chi connectivity index (χ1v) is 8.76. The molecule has 3 aliphatic rings. The molecule has 0 amide bonds. The molecule has 4 heterocycles. The van der Waals surface area contributed by atoms with Crippen molar-refractivity contribution in [3.63, 3.8) is 0 Å². The minimum absolute atomic E-state index is 0.00354. The molecule has 3 saturated heterocycles. The number of piperidine rings is 3. The number of nitrogens with zero attached hydrogens (tertiary/aromatic N) is 2. The van der Waals surface area contributed by atoms with Crippen LogP contribution in [0, 0.1) is 11.8 Å². The average molecular weight is 323 g/mol. The Hall–Kier alpha value is -1.91. The Balaban J connectivity index is 1.69. The third kappa shape index (κ3) is 2.50. The van der Waals surface area contributed by atoms with Gasteiger partial charge in [-0.05, 0) is 61.1 Å². The van der Waals surface area contributed by atoms with Gasteiger partial charge in [0.1, 0.15) is 5.75 Å². The summed E-state index contributed by atoms with van der Waals surface area (Å²) in [5.41, 5.74) is 8.91. The fourth-order valence-electron chi connectivity index (χ4n) is 4.52. The smallest absolute Gasteiger partial charge is 0.119 e. The summed E-state index contributed by atoms with van der Waals surface area (Å²) in [5.74, 6) is 2.20. The van der Waals surface area contributed by atoms with Crippen LogP contribution in [0.5, 0.6) is 5.75 Å². The Bertz CT molecular complexity index is 760. The highest BCUT2D eigenvalue weighted by Crippen LogP contribution is 2.41. The van der Waals surface area contributed by atoms with Crippen LogP contribution in [-0.4, -0.2) is 36.1 Å². The van der Waals surface area contributed by atoms with Gasteiger partial charge < -0.3 is 10.5 Å². The normalized spacial score (nSPS) is 30.2. The van der Waals surface area contributed by atoms with Gasteiger partial charge in [-0.15, -0.1) is 6.58 Å². The third-order valence-corrected chi connectivity index (χ3v) is 5.91. The van der Waals surface area contributed by atoms with Gasteiger partial charge in [-0.3, -0.25) is 9.88 Å². The van der Waals surface area contributed by atoms with E-state index in [-0.39, 0.29) is 6.04 Å². The van der Waals surface area contributed by atoms with Crippen molar-refractivity contribution in [2.75, 3.05) is 20.2 Å². The van der Waals surface area contributed by atoms with E-state index in [1.807, 2.05) is 18.3 Å². The maximum Gasteiger partial charge on any atom is 0.119 e. The molecule has 3 aliphatic heterocycles. The van der Waals surface area contributed by atoms with E-state index in [0.29, 0.717) is 12.0 Å². The van der Waals surface area contributed by atoms with Gasteiger partial charge >= 0.3 is 0 Å². The van der Waals surface area contributed by atoms with Crippen molar-refractivity contribution in [1.29, 1.82) is 0 Å². The first kappa shape index (κ1) is 15.6. The van der Waals surface area contributed by atoms with Crippen molar-refractivity contribution in [2.45, 2.75) is 24.9 Å². The Labute approximate surface area is 143 Å². The molecular weight excluding hydrogens is 298 g/mol. The van der Waals surface area contributed by atoms with Crippen LogP contribution < -0.4 is 10.5 Å². The minimum Gasteiger partial charge on any atom is -0.497 e. The lowest BCUT2D eigenvalue weighted by Gasteiger charge is -2.51. The van der Waals surface area contributed by atoms with Gasteiger partial charge in [0.2, 0.25) is 0 Å². The van der Waals surface area contributed by atoms with E-state index in [2.05, 4.69) is 34.7 Å². The van der Waals surface area contributed by atoms with Gasteiger partial charge in [0.05, 0.1) is 12.6 Å². The lowest BCUT2D eigenvalue weighted by Crippen LogP contribution is -2.56. The maximum absolute atomic E-state index is 6.76. The van der Waals surface area contributed by atoms with E-state index in [1.54, 1.807) is 7.11 Å². The van der Waals surface area contributed by atoms with Crippen molar-refractivity contribution in [2.24, 2.45) is 17.6 Å². The lowest BCUT2D eigenvalue weighted by atomic mass is 9.73. The van der Waals surface area contributed by atoms with Crippen LogP contribution in [0.1, 0.15) is 24.4 Å². The van der Waals surface area contributed by atoms with E-state index in [1.165, 1.54) is 12.0 Å². The summed E-state index contributed by atoms with van der Waals surface area (Å²) < 4.78 is 5.39. The van der Waals surface area contributed by atoms with Gasteiger partial charge in [-0.2, -0.15) is 0 Å². The van der Waals surface area contributed by atoms with Crippen molar-refractivity contribution in [3.8, 4) is 5.75 Å². The molecule has 0 spiro atoms. The van der Waals surface area contributed by atoms with E-state index < -0.39 is 0 Å². The number of ether oxygens (including phenoxy) is 1. The molecule has 0 aliphatic carbocycles. The molecule has 2 aromatic rings. The topological polar surface area (TPSA) is 51.4 Å². The van der Waals surface area contributed by atoms with Crippen molar-refractivity contribution in [3.05, 3.63) is 48.7 Å². The molecule has 4 nitrogen and oxygen atoms in total. The number of fused-ring (bicyclic) bond motifs is 4. The molecule has 0 saturated carbocycles. The molecule has 2 N–H and O–H groups in total. The van der Waals surface area contributed by atoms with Crippen LogP contribution in [0.25, 0.3) is 10.9 Å². The second-order valence-corrected chi connectivity index (χ2v) is 7.06. The summed E-state index contributed by atoms with van der Waals surface area (Å²) in [6.45, 7) is 6.26. The zero-order valence-electron chi connectivity index (χ0n) is 14.2. The second kappa shape index (κ2) is 6.19. The van der Waals surface area contributed by atoms with Crippen LogP contribution in [0.4, 0.5) is 0 Å². The van der Waals surface area contributed by atoms with Crippen LogP contribution in [0.2, 0.25) is 0 Å². The standard InChI is InChI=1S/C20H25N3O/c1-3-13-12-23-9-7-14(13)10-19(23)20(21)16-6-8-22-18-5-4-15(24-2)11-17(16)18/h3-6,8,11,13-14,19-20H,1,7,9-10,12,21H2,2H3/t13?,14?,19-,20+/m0/s1. The maximum atomic E-state index is 6.76. The number of nitrogens with two attached hydrogens (primary N) is 1. The molecule has 3 fully saturated rings. The van der Waals surface area contributed by atoms with Gasteiger partial charge in [0.15, 0.2) is 0 Å². The number of rotatable bonds is 4. The molecule has 1 aromatic heterocycles. The summed E-state index contributed by atoms with van der Waals surface area (Å²) in [6, 6.07) is 8.48. The Morgan fingerprint density at radius 1 is 1.42 bits per heavy atom. The Morgan fingerprint density at radius 2 is 2.29 bits per heavy atom. The highest BCUT2D eigenvalue weighted by molar-refractivity contribution is 5.84. The summed E-state index contributed by atoms with van der Waals surface area (Å²) in [5, 5.41) is 1.10. The largest absolute Gasteiger partial charge is 0.497 e. The van der Waals surface area contributed by atoms with Crippen LogP contribution in [-0.2, 0) is 0 Å². The van der Waals surface area contributed by atoms with Crippen LogP contribution >= 0.6 is 0 Å². The highest BCUT2D eigenvalue weighted by Gasteiger charge is 2.41. The van der Waals surface area contributed by atoms with Gasteiger partial charge in [0, 0.05) is 30.2 Å². The van der Waals surface area contributed by atoms with Crippen molar-refractivity contribution >= 4 is 10.9 Å². The van der Waals surface area contributed by atoms with Gasteiger partial charge in [-0.1, -0.05) is 6.08 Å². The zero-order chi connectivity index (χ0) is 16.7. The van der Waals surface area contributed by atoms with E-state index in [0.717, 1.165) is 42.1 Å². The molecule has 24 heavy (non-hydrogen) atoms. The zero-order valence-corrected chi connectivity index (χ0v) is 14.2. The second-order valence-electron chi connectivity index (χ2n) is 7.06. The SMILES string of the molecule is C=CC1CN2CCC1C[C@H]2[C@H](N)c1ccnc2ccc(OC)cc12. The number of pyridine rings is 1. The van der Waals surface area contributed by atoms with E-state index in [9.17, 15) is 0 Å². The predicted octanol–water partition coefficient (Wildman–Crippen LogP) is 3.14. The monoisotopic (exact) mass is 323 g/mol. The van der Waals surface area contributed by atoms with Gasteiger partial charge in [-0.25, -0.2) is 0 Å². The minimum atomic E-state index is -0.00354. The molecule has 0 radical (unpaired) electrons. The van der Waals surface area contributed by atoms with Crippen LogP contribution in [0.15, 0.2) is 43.1 Å². The Kier molecular flexibility index (Phi) is 4.02. The Morgan fingerprint density at radius 3 is 3.00 bits per heavy atom. The summed E-state index contributed by atoms with van der Waals surface area (Å²) in [4.78, 5) is 7.04. The first-order chi connectivity index (χ1) is 11.7. The fraction of sp³-hybridized carbons (Fsp3) is 0.450. The molecule has 126 valence electrons. The third-order valence-electron chi connectivity index (χ3n) is 5.91. The molecule has 5 rings (SSSR count). The highest BCUT2D eigenvalue weighted by atomic mass is 16.5. The molecular formula is C20H25N3O. The van der Waals surface area contributed by atoms with Crippen molar-refractivity contribution in [1.82, 2.24) is 9.88 Å². The molecule has 1 aromatic carbocycles. The molecule has 5 atom stereocenters. The number of aromatic nitrogens is 1. The van der Waals surface area contributed by atoms with Crippen LogP contribution in [0.3, 0.4) is 0 Å². The predicted molar refractivity (Wildman–Crippen MR) is 97.0 cm³/mol. The summed E-state index contributed by atoms with van der Waals surface area (Å²) in [6.07, 6.45) is 6.43. The quantitative estimate of drug-likeness (QED) is 0.878. The average Bonchev–Trinajstić information content (AvgIpc) is 2.66. The number of hydrogen-bond donors (Lipinski definition) is 1. The van der Waals surface area contributed by atoms with E-state index in [4.69, 9.17) is 10.5 Å². The molecule has 2 bridgehead atoms. The molecule has 3 unspecified atom stereocenters. The lowest BCUT2D eigenvalue weighted by molar-refractivity contribution is 0.00749. The number of hydrogen-bond acceptors (Lipinski definition) is 4. The summed E-state index contributed by atoms with van der Waals surface area (Å²) >= 11 is 0. The van der Waals surface area contributed by atoms with E-state index >= 15 is 0 Å². The molecule has 4 heteroatoms. The van der Waals surface area contributed by atoms with Gasteiger partial charge in [0.25, 0.3) is 0 Å².